The summed E-state index contributed by atoms with van der Waals surface area (Å²) < 4.78 is 41.0. The number of hydrogen-bond acceptors (Lipinski definition) is 4. The Hall–Kier alpha value is -2.74. The number of nitrogens with zero attached hydrogens (tertiary/aromatic N) is 3. The van der Waals surface area contributed by atoms with Crippen LogP contribution in [0.1, 0.15) is 35.7 Å². The molecular formula is C21H21F3N4O. The lowest BCUT2D eigenvalue weighted by atomic mass is 9.89. The predicted octanol–water partition coefficient (Wildman–Crippen LogP) is 3.64. The van der Waals surface area contributed by atoms with Crippen molar-refractivity contribution in [3.63, 3.8) is 0 Å². The van der Waals surface area contributed by atoms with Gasteiger partial charge in [-0.1, -0.05) is 30.3 Å². The lowest BCUT2D eigenvalue weighted by Gasteiger charge is -2.17. The van der Waals surface area contributed by atoms with Crippen molar-refractivity contribution in [1.29, 1.82) is 0 Å². The van der Waals surface area contributed by atoms with Crippen molar-refractivity contribution < 1.29 is 18.0 Å². The molecular weight excluding hydrogens is 381 g/mol. The average molecular weight is 402 g/mol. The van der Waals surface area contributed by atoms with Crippen LogP contribution in [0.15, 0.2) is 48.7 Å². The number of Topliss-reactive ketones (excluding diaryl/α,β-unsaturated/α-hetero) is 1. The van der Waals surface area contributed by atoms with Crippen LogP contribution in [-0.4, -0.2) is 33.5 Å². The monoisotopic (exact) mass is 402 g/mol. The third-order valence-corrected chi connectivity index (χ3v) is 5.41. The summed E-state index contributed by atoms with van der Waals surface area (Å²) in [6, 6.07) is 11.9. The van der Waals surface area contributed by atoms with Crippen LogP contribution < -0.4 is 5.32 Å². The topological polar surface area (TPSA) is 59.3 Å². The molecule has 1 unspecified atom stereocenters. The number of aromatic nitrogens is 3. The molecule has 0 radical (unpaired) electrons. The molecule has 1 aromatic carbocycles. The van der Waals surface area contributed by atoms with Crippen LogP contribution in [0.2, 0.25) is 0 Å². The number of nitrogens with one attached hydrogen (secondary N) is 1. The first-order valence-electron chi connectivity index (χ1n) is 9.61. The van der Waals surface area contributed by atoms with E-state index in [9.17, 15) is 18.0 Å². The summed E-state index contributed by atoms with van der Waals surface area (Å²) in [5.74, 6) is 0.0797. The number of carbonyl (C=O) groups is 1. The number of alkyl halides is 3. The first-order chi connectivity index (χ1) is 13.9. The molecule has 0 saturated carbocycles. The Morgan fingerprint density at radius 1 is 1.17 bits per heavy atom. The van der Waals surface area contributed by atoms with E-state index >= 15 is 0 Å². The van der Waals surface area contributed by atoms with Crippen LogP contribution in [0.3, 0.4) is 0 Å². The zero-order valence-electron chi connectivity index (χ0n) is 15.7. The molecule has 1 saturated heterocycles. The molecule has 0 spiro atoms. The first-order valence-corrected chi connectivity index (χ1v) is 9.61. The van der Waals surface area contributed by atoms with Crippen molar-refractivity contribution >= 4 is 11.4 Å². The highest BCUT2D eigenvalue weighted by Crippen LogP contribution is 2.31. The molecule has 2 atom stereocenters. The normalized spacial score (nSPS) is 18.2. The number of carbonyl (C=O) groups excluding carboxylic acids is 1. The summed E-state index contributed by atoms with van der Waals surface area (Å²) in [6.45, 7) is 1.46. The molecule has 152 valence electrons. The summed E-state index contributed by atoms with van der Waals surface area (Å²) in [5.41, 5.74) is 0.565. The molecule has 0 aliphatic carbocycles. The van der Waals surface area contributed by atoms with E-state index in [1.807, 2.05) is 30.3 Å². The van der Waals surface area contributed by atoms with E-state index in [0.717, 1.165) is 30.8 Å². The van der Waals surface area contributed by atoms with Crippen LogP contribution in [0.25, 0.3) is 5.65 Å². The van der Waals surface area contributed by atoms with Crippen molar-refractivity contribution in [3.05, 3.63) is 65.6 Å². The molecule has 5 nitrogen and oxygen atoms in total. The minimum atomic E-state index is -4.46. The fourth-order valence-electron chi connectivity index (χ4n) is 3.85. The minimum absolute atomic E-state index is 0.0572. The second-order valence-electron chi connectivity index (χ2n) is 7.45. The van der Waals surface area contributed by atoms with Gasteiger partial charge in [-0.2, -0.15) is 13.2 Å². The smallest absolute Gasteiger partial charge is 0.316 e. The van der Waals surface area contributed by atoms with E-state index in [0.29, 0.717) is 24.4 Å². The van der Waals surface area contributed by atoms with E-state index in [1.54, 1.807) is 0 Å². The fourth-order valence-corrected chi connectivity index (χ4v) is 3.85. The Balaban J connectivity index is 1.70. The van der Waals surface area contributed by atoms with E-state index in [-0.39, 0.29) is 24.0 Å². The minimum Gasteiger partial charge on any atom is -0.316 e. The maximum atomic E-state index is 13.2. The van der Waals surface area contributed by atoms with Gasteiger partial charge in [-0.05, 0) is 37.1 Å². The van der Waals surface area contributed by atoms with Crippen molar-refractivity contribution in [1.82, 2.24) is 19.9 Å². The summed E-state index contributed by atoms with van der Waals surface area (Å²) in [5, 5.41) is 11.4. The largest absolute Gasteiger partial charge is 0.417 e. The highest BCUT2D eigenvalue weighted by Gasteiger charge is 2.32. The zero-order valence-corrected chi connectivity index (χ0v) is 15.7. The molecule has 2 aromatic heterocycles. The summed E-state index contributed by atoms with van der Waals surface area (Å²) in [4.78, 5) is 12.8. The second-order valence-corrected chi connectivity index (χ2v) is 7.45. The molecule has 1 N–H and O–H groups in total. The van der Waals surface area contributed by atoms with Crippen LogP contribution in [-0.2, 0) is 17.4 Å². The Morgan fingerprint density at radius 3 is 2.66 bits per heavy atom. The van der Waals surface area contributed by atoms with E-state index < -0.39 is 11.7 Å². The molecule has 3 heterocycles. The lowest BCUT2D eigenvalue weighted by molar-refractivity contribution is -0.137. The van der Waals surface area contributed by atoms with Crippen molar-refractivity contribution in [2.75, 3.05) is 13.1 Å². The van der Waals surface area contributed by atoms with Gasteiger partial charge < -0.3 is 5.32 Å². The van der Waals surface area contributed by atoms with Crippen LogP contribution in [0, 0.1) is 5.92 Å². The molecule has 1 fully saturated rings. The predicted molar refractivity (Wildman–Crippen MR) is 101 cm³/mol. The summed E-state index contributed by atoms with van der Waals surface area (Å²) >= 11 is 0. The van der Waals surface area contributed by atoms with Gasteiger partial charge in [0.2, 0.25) is 0 Å². The second kappa shape index (κ2) is 7.94. The Labute approximate surface area is 166 Å². The quantitative estimate of drug-likeness (QED) is 0.684. The van der Waals surface area contributed by atoms with Crippen LogP contribution >= 0.6 is 0 Å². The van der Waals surface area contributed by atoms with Gasteiger partial charge in [0.05, 0.1) is 5.56 Å². The zero-order chi connectivity index (χ0) is 20.4. The van der Waals surface area contributed by atoms with E-state index in [4.69, 9.17) is 0 Å². The van der Waals surface area contributed by atoms with E-state index in [1.165, 1.54) is 10.5 Å². The number of fused-ring (bicyclic) bond motifs is 1. The third-order valence-electron chi connectivity index (χ3n) is 5.41. The Bertz CT molecular complexity index is 994. The van der Waals surface area contributed by atoms with Crippen molar-refractivity contribution in [3.8, 4) is 0 Å². The van der Waals surface area contributed by atoms with Gasteiger partial charge >= 0.3 is 6.18 Å². The fraction of sp³-hybridized carbons (Fsp3) is 0.381. The summed E-state index contributed by atoms with van der Waals surface area (Å²) in [6.07, 6.45) is -1.93. The average Bonchev–Trinajstić information content (AvgIpc) is 3.37. The lowest BCUT2D eigenvalue weighted by Crippen LogP contribution is -2.22. The van der Waals surface area contributed by atoms with Crippen LogP contribution in [0.5, 0.6) is 0 Å². The van der Waals surface area contributed by atoms with Gasteiger partial charge in [0, 0.05) is 31.0 Å². The van der Waals surface area contributed by atoms with Gasteiger partial charge in [-0.3, -0.25) is 9.20 Å². The SMILES string of the molecule is O=C(C[C@H](Cc1ccccc1)c1nnc2ccc(C(F)(F)F)cn12)C1CCNC1. The molecule has 0 amide bonds. The maximum Gasteiger partial charge on any atom is 0.417 e. The molecule has 1 aliphatic heterocycles. The van der Waals surface area contributed by atoms with Crippen molar-refractivity contribution in [2.24, 2.45) is 5.92 Å². The van der Waals surface area contributed by atoms with E-state index in [2.05, 4.69) is 15.5 Å². The Kier molecular flexibility index (Phi) is 5.36. The van der Waals surface area contributed by atoms with Gasteiger partial charge in [0.1, 0.15) is 11.6 Å². The standard InChI is InChI=1S/C21H21F3N4O/c22-21(23,24)17-6-7-19-26-27-20(28(19)13-17)16(10-14-4-2-1-3-5-14)11-18(29)15-8-9-25-12-15/h1-7,13,15-16,25H,8-12H2/t15?,16-/m0/s1. The summed E-state index contributed by atoms with van der Waals surface area (Å²) in [7, 11) is 0. The van der Waals surface area contributed by atoms with Gasteiger partial charge in [-0.25, -0.2) is 0 Å². The third kappa shape index (κ3) is 4.32. The Morgan fingerprint density at radius 2 is 1.97 bits per heavy atom. The molecule has 3 aromatic rings. The molecule has 29 heavy (non-hydrogen) atoms. The molecule has 8 heteroatoms. The number of benzene rings is 1. The number of pyridine rings is 1. The maximum absolute atomic E-state index is 13.2. The highest BCUT2D eigenvalue weighted by molar-refractivity contribution is 5.82. The number of halogens is 3. The number of ketones is 1. The van der Waals surface area contributed by atoms with Gasteiger partial charge in [0.25, 0.3) is 0 Å². The van der Waals surface area contributed by atoms with Crippen molar-refractivity contribution in [2.45, 2.75) is 31.4 Å². The molecule has 0 bridgehead atoms. The van der Waals surface area contributed by atoms with Crippen LogP contribution in [0.4, 0.5) is 13.2 Å². The van der Waals surface area contributed by atoms with Gasteiger partial charge in [-0.15, -0.1) is 10.2 Å². The highest BCUT2D eigenvalue weighted by atomic mass is 19.4. The molecule has 4 rings (SSSR count). The molecule has 1 aliphatic rings. The number of hydrogen-bond donors (Lipinski definition) is 1. The first kappa shape index (κ1) is 19.6. The van der Waals surface area contributed by atoms with Gasteiger partial charge in [0.15, 0.2) is 5.65 Å². The number of rotatable bonds is 6.